The summed E-state index contributed by atoms with van der Waals surface area (Å²) < 4.78 is 8.70. The summed E-state index contributed by atoms with van der Waals surface area (Å²) in [5.41, 5.74) is 0. The van der Waals surface area contributed by atoms with Crippen molar-refractivity contribution in [2.24, 2.45) is 0 Å². The lowest BCUT2D eigenvalue weighted by atomic mass is 14.0. The number of hydrogen-bond acceptors (Lipinski definition) is 3. The molecule has 48 valence electrons. The first-order chi connectivity index (χ1) is 1.73. The minimum absolute atomic E-state index is 0. The van der Waals surface area contributed by atoms with Gasteiger partial charge in [-0.25, -0.2) is 0 Å². The maximum atomic E-state index is 8.70. The van der Waals surface area contributed by atoms with Crippen LogP contribution in [0.5, 0.6) is 0 Å². The summed E-state index contributed by atoms with van der Waals surface area (Å²) in [4.78, 5) is 14.2. The second-order valence-corrected chi connectivity index (χ2v) is 0.758. The minimum atomic E-state index is -2.87. The molecule has 0 aliphatic rings. The van der Waals surface area contributed by atoms with Crippen LogP contribution in [0.1, 0.15) is 0 Å². The van der Waals surface area contributed by atoms with E-state index in [9.17, 15) is 0 Å². The fourth-order valence-corrected chi connectivity index (χ4v) is 0. The SMILES string of the molecule is Cl.N.N.O=[P+](O)O. The first kappa shape index (κ1) is 26.9. The number of rotatable bonds is 0. The van der Waals surface area contributed by atoms with E-state index in [1.54, 1.807) is 0 Å². The lowest BCUT2D eigenvalue weighted by molar-refractivity contribution is 0.405. The molecule has 0 heterocycles. The van der Waals surface area contributed by atoms with Gasteiger partial charge in [0.05, 0.1) is 0 Å². The third-order valence-electron chi connectivity index (χ3n) is 0. The zero-order valence-corrected chi connectivity index (χ0v) is 5.28. The van der Waals surface area contributed by atoms with Crippen molar-refractivity contribution in [3.8, 4) is 0 Å². The largest absolute Gasteiger partial charge is 0.692 e. The molecule has 0 unspecified atom stereocenters. The molecule has 5 nitrogen and oxygen atoms in total. The Hall–Kier alpha value is 0.230. The van der Waals surface area contributed by atoms with Crippen LogP contribution in [0.3, 0.4) is 0 Å². The molecule has 0 aromatic rings. The Morgan fingerprint density at radius 2 is 1.14 bits per heavy atom. The molecule has 7 heteroatoms. The van der Waals surface area contributed by atoms with Crippen molar-refractivity contribution in [1.82, 2.24) is 12.3 Å². The molecule has 0 spiro atoms. The van der Waals surface area contributed by atoms with Gasteiger partial charge >= 0.3 is 8.25 Å². The maximum Gasteiger partial charge on any atom is 0.692 e. The maximum absolute atomic E-state index is 8.70. The van der Waals surface area contributed by atoms with E-state index in [0.29, 0.717) is 0 Å². The molecule has 0 aliphatic heterocycles. The predicted molar refractivity (Wildman–Crippen MR) is 29.3 cm³/mol. The summed E-state index contributed by atoms with van der Waals surface area (Å²) in [5, 5.41) is 0. The summed E-state index contributed by atoms with van der Waals surface area (Å²) in [6.45, 7) is 0. The Morgan fingerprint density at radius 1 is 1.14 bits per heavy atom. The van der Waals surface area contributed by atoms with Gasteiger partial charge in [-0.2, -0.15) is 0 Å². The number of hydrogen-bond donors (Lipinski definition) is 4. The Kier molecular flexibility index (Phi) is 62.8. The smallest absolute Gasteiger partial charge is 0.344 e. The van der Waals surface area contributed by atoms with Crippen molar-refractivity contribution in [2.75, 3.05) is 0 Å². The Bertz CT molecular complexity index is 35.9. The van der Waals surface area contributed by atoms with Gasteiger partial charge in [-0.3, -0.25) is 0 Å². The van der Waals surface area contributed by atoms with E-state index in [4.69, 9.17) is 14.4 Å². The highest BCUT2D eigenvalue weighted by molar-refractivity contribution is 7.30. The van der Waals surface area contributed by atoms with Crippen molar-refractivity contribution >= 4 is 20.7 Å². The summed E-state index contributed by atoms with van der Waals surface area (Å²) in [5.74, 6) is 0. The molecule has 0 saturated heterocycles. The van der Waals surface area contributed by atoms with Crippen LogP contribution in [0.15, 0.2) is 0 Å². The van der Waals surface area contributed by atoms with Crippen LogP contribution >= 0.6 is 20.7 Å². The minimum Gasteiger partial charge on any atom is -0.344 e. The lowest BCUT2D eigenvalue weighted by Gasteiger charge is -1.34. The molecule has 0 bridgehead atoms. The summed E-state index contributed by atoms with van der Waals surface area (Å²) in [6.07, 6.45) is 0. The first-order valence-corrected chi connectivity index (χ1v) is 1.75. The van der Waals surface area contributed by atoms with Crippen LogP contribution in [0.25, 0.3) is 0 Å². The zero-order valence-electron chi connectivity index (χ0n) is 3.57. The Balaban J connectivity index is -0.0000000150. The summed E-state index contributed by atoms with van der Waals surface area (Å²) >= 11 is 0. The van der Waals surface area contributed by atoms with Gasteiger partial charge in [0.2, 0.25) is 0 Å². The van der Waals surface area contributed by atoms with Crippen molar-refractivity contribution in [3.05, 3.63) is 0 Å². The Morgan fingerprint density at radius 3 is 1.14 bits per heavy atom. The molecule has 0 rings (SSSR count). The van der Waals surface area contributed by atoms with Crippen LogP contribution in [0.2, 0.25) is 0 Å². The van der Waals surface area contributed by atoms with Crippen molar-refractivity contribution in [2.45, 2.75) is 0 Å². The van der Waals surface area contributed by atoms with Crippen molar-refractivity contribution < 1.29 is 14.4 Å². The molecule has 0 radical (unpaired) electrons. The first-order valence-electron chi connectivity index (χ1n) is 0.583. The van der Waals surface area contributed by atoms with Gasteiger partial charge in [0.1, 0.15) is 0 Å². The number of halogens is 1. The molecule has 7 heavy (non-hydrogen) atoms. The average molecular weight is 152 g/mol. The van der Waals surface area contributed by atoms with Crippen molar-refractivity contribution in [1.29, 1.82) is 0 Å². The quantitative estimate of drug-likeness (QED) is 0.372. The topological polar surface area (TPSA) is 128 Å². The van der Waals surface area contributed by atoms with Crippen LogP contribution in [-0.4, -0.2) is 9.79 Å². The van der Waals surface area contributed by atoms with Crippen LogP contribution in [-0.2, 0) is 4.57 Å². The highest BCUT2D eigenvalue weighted by Crippen LogP contribution is 1.98. The average Bonchev–Trinajstić information content (AvgIpc) is 0.811. The third-order valence-corrected chi connectivity index (χ3v) is 0. The van der Waals surface area contributed by atoms with Gasteiger partial charge in [0.15, 0.2) is 0 Å². The predicted octanol–water partition coefficient (Wildman–Crippen LogP) is 0.374. The monoisotopic (exact) mass is 151 g/mol. The molecule has 0 aromatic heterocycles. The zero-order chi connectivity index (χ0) is 3.58. The standard InChI is InChI=1S/ClH.2H3N.HO3P/c;;;1-4(2)3/h1H;2*1H3;(H-,1,2,3)/p+1. The fourth-order valence-electron chi connectivity index (χ4n) is 0. The van der Waals surface area contributed by atoms with Gasteiger partial charge < -0.3 is 12.3 Å². The van der Waals surface area contributed by atoms with E-state index in [-0.39, 0.29) is 24.7 Å². The van der Waals surface area contributed by atoms with Gasteiger partial charge in [-0.15, -0.1) is 22.2 Å². The molecule has 8 N–H and O–H groups in total. The second-order valence-electron chi connectivity index (χ2n) is 0.253. The molecule has 0 amide bonds. The van der Waals surface area contributed by atoms with E-state index in [1.165, 1.54) is 0 Å². The van der Waals surface area contributed by atoms with E-state index < -0.39 is 8.25 Å². The van der Waals surface area contributed by atoms with Gasteiger partial charge in [0, 0.05) is 4.57 Å². The third kappa shape index (κ3) is 2110. The van der Waals surface area contributed by atoms with Crippen LogP contribution in [0, 0.1) is 0 Å². The molecular weight excluding hydrogens is 142 g/mol. The van der Waals surface area contributed by atoms with E-state index in [0.717, 1.165) is 0 Å². The van der Waals surface area contributed by atoms with Crippen LogP contribution in [0.4, 0.5) is 0 Å². The van der Waals surface area contributed by atoms with Gasteiger partial charge in [0.25, 0.3) is 0 Å². The molecule has 0 fully saturated rings. The van der Waals surface area contributed by atoms with E-state index in [2.05, 4.69) is 0 Å². The molecule has 0 aliphatic carbocycles. The summed E-state index contributed by atoms with van der Waals surface area (Å²) in [7, 11) is -2.87. The molecule has 0 atom stereocenters. The lowest BCUT2D eigenvalue weighted by Crippen LogP contribution is -1.38. The molecular formula is H9ClN2O3P+. The molecule has 0 saturated carbocycles. The fraction of sp³-hybridized carbons (Fsp3) is 0. The highest BCUT2D eigenvalue weighted by atomic mass is 35.5. The van der Waals surface area contributed by atoms with E-state index in [1.807, 2.05) is 0 Å². The molecule has 0 aromatic carbocycles. The highest BCUT2D eigenvalue weighted by Gasteiger charge is 1.93. The van der Waals surface area contributed by atoms with Gasteiger partial charge in [-0.1, -0.05) is 0 Å². The summed E-state index contributed by atoms with van der Waals surface area (Å²) in [6, 6.07) is 0. The van der Waals surface area contributed by atoms with Crippen LogP contribution < -0.4 is 12.3 Å². The van der Waals surface area contributed by atoms with Gasteiger partial charge in [-0.05, 0) is 0 Å². The van der Waals surface area contributed by atoms with Crippen molar-refractivity contribution in [3.63, 3.8) is 0 Å². The Labute approximate surface area is 48.3 Å². The normalized spacial score (nSPS) is 3.71. The second kappa shape index (κ2) is 16.3. The van der Waals surface area contributed by atoms with E-state index >= 15 is 0 Å².